The standard InChI is InChI=1S/C19H37O7P/c1-2-3-4-5-6-7-8-9-10-11-12-13-14-15-19(21)25-16-18(20)17-26-27(22,23)24/h2-17H2,1H3,(H2,22,23,24). The number of Topliss-reactive ketones (excluding diaryl/α,β-unsaturated/α-hetero) is 1. The summed E-state index contributed by atoms with van der Waals surface area (Å²) >= 11 is 0. The lowest BCUT2D eigenvalue weighted by Gasteiger charge is -2.06. The molecule has 0 aromatic rings. The Morgan fingerprint density at radius 3 is 1.63 bits per heavy atom. The van der Waals surface area contributed by atoms with Crippen LogP contribution >= 0.6 is 7.82 Å². The number of carbonyl (C=O) groups excluding carboxylic acids is 2. The fourth-order valence-corrected chi connectivity index (χ4v) is 3.03. The predicted octanol–water partition coefficient (Wildman–Crippen LogP) is 4.69. The molecule has 7 nitrogen and oxygen atoms in total. The number of rotatable bonds is 19. The molecule has 8 heteroatoms. The first-order valence-electron chi connectivity index (χ1n) is 10.2. The van der Waals surface area contributed by atoms with Gasteiger partial charge in [0.2, 0.25) is 0 Å². The van der Waals surface area contributed by atoms with Gasteiger partial charge in [0.25, 0.3) is 0 Å². The zero-order valence-electron chi connectivity index (χ0n) is 16.7. The van der Waals surface area contributed by atoms with Crippen LogP contribution in [0.3, 0.4) is 0 Å². The van der Waals surface area contributed by atoms with E-state index >= 15 is 0 Å². The van der Waals surface area contributed by atoms with Gasteiger partial charge in [-0.25, -0.2) is 4.57 Å². The number of esters is 1. The summed E-state index contributed by atoms with van der Waals surface area (Å²) in [4.78, 5) is 39.6. The molecule has 0 heterocycles. The van der Waals surface area contributed by atoms with Gasteiger partial charge in [0, 0.05) is 6.42 Å². The summed E-state index contributed by atoms with van der Waals surface area (Å²) in [5.41, 5.74) is 0. The largest absolute Gasteiger partial charge is 0.470 e. The average molecular weight is 408 g/mol. The van der Waals surface area contributed by atoms with Gasteiger partial charge in [-0.1, -0.05) is 84.0 Å². The van der Waals surface area contributed by atoms with Crippen molar-refractivity contribution in [2.24, 2.45) is 0 Å². The number of hydrogen-bond acceptors (Lipinski definition) is 5. The summed E-state index contributed by atoms with van der Waals surface area (Å²) in [6.07, 6.45) is 16.2. The van der Waals surface area contributed by atoms with Crippen molar-refractivity contribution in [1.82, 2.24) is 0 Å². The van der Waals surface area contributed by atoms with Gasteiger partial charge in [-0.15, -0.1) is 0 Å². The maximum absolute atomic E-state index is 11.5. The van der Waals surface area contributed by atoms with Crippen LogP contribution in [0.4, 0.5) is 0 Å². The highest BCUT2D eigenvalue weighted by atomic mass is 31.2. The van der Waals surface area contributed by atoms with E-state index in [1.54, 1.807) is 0 Å². The fraction of sp³-hybridized carbons (Fsp3) is 0.895. The van der Waals surface area contributed by atoms with Crippen LogP contribution < -0.4 is 0 Å². The lowest BCUT2D eigenvalue weighted by Crippen LogP contribution is -2.17. The molecular formula is C19H37O7P. The SMILES string of the molecule is CCCCCCCCCCCCCCCC(=O)OCC(=O)COP(=O)(O)O. The van der Waals surface area contributed by atoms with Crippen molar-refractivity contribution in [3.05, 3.63) is 0 Å². The van der Waals surface area contributed by atoms with Crippen LogP contribution in [-0.4, -0.2) is 34.8 Å². The van der Waals surface area contributed by atoms with Crippen molar-refractivity contribution < 1.29 is 33.2 Å². The minimum Gasteiger partial charge on any atom is -0.458 e. The quantitative estimate of drug-likeness (QED) is 0.181. The number of ketones is 1. The molecule has 0 bridgehead atoms. The number of carbonyl (C=O) groups is 2. The second kappa shape index (κ2) is 17.4. The molecule has 0 unspecified atom stereocenters. The molecule has 0 saturated heterocycles. The van der Waals surface area contributed by atoms with E-state index < -0.39 is 32.8 Å². The van der Waals surface area contributed by atoms with Crippen LogP contribution in [0.25, 0.3) is 0 Å². The van der Waals surface area contributed by atoms with Gasteiger partial charge >= 0.3 is 13.8 Å². The highest BCUT2D eigenvalue weighted by Gasteiger charge is 2.17. The third-order valence-electron chi connectivity index (χ3n) is 4.27. The van der Waals surface area contributed by atoms with Gasteiger partial charge in [-0.3, -0.25) is 14.1 Å². The Bertz CT molecular complexity index is 434. The molecule has 0 fully saturated rings. The van der Waals surface area contributed by atoms with Gasteiger partial charge in [0.1, 0.15) is 6.61 Å². The zero-order valence-corrected chi connectivity index (χ0v) is 17.6. The Morgan fingerprint density at radius 1 is 0.741 bits per heavy atom. The van der Waals surface area contributed by atoms with Crippen molar-refractivity contribution >= 4 is 19.6 Å². The molecule has 0 aromatic heterocycles. The molecule has 0 rings (SSSR count). The van der Waals surface area contributed by atoms with Crippen LogP contribution in [0.2, 0.25) is 0 Å². The third kappa shape index (κ3) is 21.4. The van der Waals surface area contributed by atoms with E-state index in [1.165, 1.54) is 64.2 Å². The molecule has 27 heavy (non-hydrogen) atoms. The van der Waals surface area contributed by atoms with Crippen LogP contribution in [0.15, 0.2) is 0 Å². The number of phosphoric acid groups is 1. The zero-order chi connectivity index (χ0) is 20.4. The summed E-state index contributed by atoms with van der Waals surface area (Å²) in [7, 11) is -4.67. The van der Waals surface area contributed by atoms with Crippen molar-refractivity contribution in [2.75, 3.05) is 13.2 Å². The first-order valence-corrected chi connectivity index (χ1v) is 11.8. The van der Waals surface area contributed by atoms with Gasteiger partial charge in [-0.05, 0) is 6.42 Å². The van der Waals surface area contributed by atoms with Gasteiger partial charge in [0.15, 0.2) is 12.4 Å². The van der Waals surface area contributed by atoms with E-state index in [2.05, 4.69) is 11.4 Å². The van der Waals surface area contributed by atoms with E-state index in [0.717, 1.165) is 19.3 Å². The highest BCUT2D eigenvalue weighted by molar-refractivity contribution is 7.46. The second-order valence-electron chi connectivity index (χ2n) is 6.96. The molecule has 0 aliphatic carbocycles. The lowest BCUT2D eigenvalue weighted by molar-refractivity contribution is -0.148. The third-order valence-corrected chi connectivity index (χ3v) is 4.74. The molecule has 2 N–H and O–H groups in total. The average Bonchev–Trinajstić information content (AvgIpc) is 2.61. The second-order valence-corrected chi connectivity index (χ2v) is 8.20. The molecule has 160 valence electrons. The topological polar surface area (TPSA) is 110 Å². The summed E-state index contributed by atoms with van der Waals surface area (Å²) in [5.74, 6) is -1.15. The van der Waals surface area contributed by atoms with Crippen LogP contribution in [-0.2, 0) is 23.4 Å². The summed E-state index contributed by atoms with van der Waals surface area (Å²) in [5, 5.41) is 0. The Morgan fingerprint density at radius 2 is 1.19 bits per heavy atom. The molecule has 0 radical (unpaired) electrons. The van der Waals surface area contributed by atoms with Gasteiger partial charge in [-0.2, -0.15) is 0 Å². The predicted molar refractivity (Wildman–Crippen MR) is 104 cm³/mol. The first kappa shape index (κ1) is 26.2. The smallest absolute Gasteiger partial charge is 0.458 e. The lowest BCUT2D eigenvalue weighted by atomic mass is 10.0. The van der Waals surface area contributed by atoms with E-state index in [-0.39, 0.29) is 6.42 Å². The Kier molecular flexibility index (Phi) is 16.9. The molecule has 0 aliphatic heterocycles. The summed E-state index contributed by atoms with van der Waals surface area (Å²) < 4.78 is 19.2. The highest BCUT2D eigenvalue weighted by Crippen LogP contribution is 2.35. The van der Waals surface area contributed by atoms with Gasteiger partial charge in [0.05, 0.1) is 0 Å². The normalized spacial score (nSPS) is 11.5. The molecule has 0 aromatic carbocycles. The number of ether oxygens (including phenoxy) is 1. The first-order chi connectivity index (χ1) is 12.8. The number of hydrogen-bond donors (Lipinski definition) is 2. The maximum Gasteiger partial charge on any atom is 0.470 e. The Hall–Kier alpha value is -0.750. The van der Waals surface area contributed by atoms with E-state index in [4.69, 9.17) is 14.5 Å². The van der Waals surface area contributed by atoms with Crippen molar-refractivity contribution in [3.63, 3.8) is 0 Å². The Labute approximate surface area is 163 Å². The molecule has 0 spiro atoms. The monoisotopic (exact) mass is 408 g/mol. The van der Waals surface area contributed by atoms with E-state index in [1.807, 2.05) is 0 Å². The molecule has 0 aliphatic rings. The minimum absolute atomic E-state index is 0.254. The van der Waals surface area contributed by atoms with Crippen molar-refractivity contribution in [1.29, 1.82) is 0 Å². The van der Waals surface area contributed by atoms with E-state index in [9.17, 15) is 14.2 Å². The van der Waals surface area contributed by atoms with Crippen LogP contribution in [0.5, 0.6) is 0 Å². The van der Waals surface area contributed by atoms with Crippen molar-refractivity contribution in [3.8, 4) is 0 Å². The Balaban J connectivity index is 3.34. The summed E-state index contributed by atoms with van der Waals surface area (Å²) in [6, 6.07) is 0. The molecule has 0 amide bonds. The maximum atomic E-state index is 11.5. The number of unbranched alkanes of at least 4 members (excludes halogenated alkanes) is 12. The van der Waals surface area contributed by atoms with Crippen LogP contribution in [0.1, 0.15) is 96.8 Å². The van der Waals surface area contributed by atoms with E-state index in [0.29, 0.717) is 0 Å². The summed E-state index contributed by atoms with van der Waals surface area (Å²) in [6.45, 7) is 0.951. The van der Waals surface area contributed by atoms with Crippen molar-refractivity contribution in [2.45, 2.75) is 96.8 Å². The fourth-order valence-electron chi connectivity index (χ4n) is 2.72. The molecule has 0 saturated carbocycles. The van der Waals surface area contributed by atoms with Crippen LogP contribution in [0, 0.1) is 0 Å². The number of phosphoric ester groups is 1. The molecule has 0 atom stereocenters. The van der Waals surface area contributed by atoms with Gasteiger partial charge < -0.3 is 14.5 Å². The minimum atomic E-state index is -4.67. The molecular weight excluding hydrogens is 371 g/mol.